The molecule has 0 radical (unpaired) electrons. The van der Waals surface area contributed by atoms with Gasteiger partial charge in [-0.15, -0.1) is 0 Å². The van der Waals surface area contributed by atoms with E-state index in [9.17, 15) is 18.0 Å². The zero-order valence-corrected chi connectivity index (χ0v) is 27.1. The second-order valence-corrected chi connectivity index (χ2v) is 13.0. The van der Waals surface area contributed by atoms with Gasteiger partial charge in [-0.2, -0.15) is 0 Å². The summed E-state index contributed by atoms with van der Waals surface area (Å²) in [7, 11) is -2.82. The van der Waals surface area contributed by atoms with Gasteiger partial charge in [-0.25, -0.2) is 8.42 Å². The van der Waals surface area contributed by atoms with E-state index in [-0.39, 0.29) is 40.5 Å². The van der Waals surface area contributed by atoms with Crippen LogP contribution in [0.15, 0.2) is 65.6 Å². The van der Waals surface area contributed by atoms with Crippen molar-refractivity contribution >= 4 is 62.3 Å². The molecule has 0 bridgehead atoms. The van der Waals surface area contributed by atoms with Gasteiger partial charge in [0.25, 0.3) is 10.0 Å². The summed E-state index contributed by atoms with van der Waals surface area (Å²) in [6.45, 7) is 6.47. The average Bonchev–Trinajstić information content (AvgIpc) is 2.92. The lowest BCUT2D eigenvalue weighted by Gasteiger charge is -2.34. The highest BCUT2D eigenvalue weighted by Crippen LogP contribution is 2.33. The van der Waals surface area contributed by atoms with E-state index in [1.807, 2.05) is 20.8 Å². The van der Waals surface area contributed by atoms with Crippen LogP contribution in [0.4, 0.5) is 5.69 Å². The van der Waals surface area contributed by atoms with E-state index < -0.39 is 28.5 Å². The van der Waals surface area contributed by atoms with Crippen molar-refractivity contribution < 1.29 is 22.7 Å². The van der Waals surface area contributed by atoms with E-state index in [2.05, 4.69) is 5.32 Å². The Morgan fingerprint density at radius 2 is 1.57 bits per heavy atom. The Hall–Kier alpha value is -2.98. The maximum atomic E-state index is 14.2. The molecule has 3 rings (SSSR count). The molecule has 0 saturated carbocycles. The molecule has 0 aromatic heterocycles. The van der Waals surface area contributed by atoms with Gasteiger partial charge >= 0.3 is 0 Å². The van der Waals surface area contributed by atoms with Gasteiger partial charge in [0.15, 0.2) is 0 Å². The molecular weight excluding hydrogens is 621 g/mol. The van der Waals surface area contributed by atoms with Crippen LogP contribution in [0.1, 0.15) is 38.3 Å². The van der Waals surface area contributed by atoms with E-state index in [1.54, 1.807) is 37.3 Å². The lowest BCUT2D eigenvalue weighted by atomic mass is 10.1. The Balaban J connectivity index is 2.14. The summed E-state index contributed by atoms with van der Waals surface area (Å²) in [5.41, 5.74) is 1.45. The lowest BCUT2D eigenvalue weighted by molar-refractivity contribution is -0.140. The molecule has 1 N–H and O–H groups in total. The quantitative estimate of drug-likeness (QED) is 0.241. The molecule has 3 aromatic carbocycles. The monoisotopic (exact) mass is 653 g/mol. The first-order valence-electron chi connectivity index (χ1n) is 13.3. The Morgan fingerprint density at radius 3 is 2.10 bits per heavy atom. The predicted octanol–water partition coefficient (Wildman–Crippen LogP) is 6.49. The average molecular weight is 655 g/mol. The lowest BCUT2D eigenvalue weighted by Crippen LogP contribution is -2.53. The molecular formula is C30H34Cl3N3O5S. The fraction of sp³-hybridized carbons (Fsp3) is 0.333. The van der Waals surface area contributed by atoms with Crippen LogP contribution in [-0.4, -0.2) is 50.9 Å². The van der Waals surface area contributed by atoms with Gasteiger partial charge in [0.05, 0.1) is 22.7 Å². The standard InChI is InChI=1S/C30H34Cl3N3O5S/c1-6-27(30(38)34-19(2)3)35(17-23-24(31)8-7-9-25(23)32)29(37)18-36(21-12-15-28(41-5)26(33)16-21)42(39,40)22-13-10-20(4)11-14-22/h7-16,19,27H,6,17-18H2,1-5H3,(H,34,38)/t27-/m1/s1. The molecule has 2 amide bonds. The van der Waals surface area contributed by atoms with Gasteiger partial charge < -0.3 is 15.0 Å². The van der Waals surface area contributed by atoms with Crippen molar-refractivity contribution in [3.8, 4) is 5.75 Å². The number of sulfonamides is 1. The molecule has 0 aliphatic heterocycles. The minimum absolute atomic E-state index is 0.0156. The summed E-state index contributed by atoms with van der Waals surface area (Å²) >= 11 is 19.3. The minimum Gasteiger partial charge on any atom is -0.495 e. The van der Waals surface area contributed by atoms with Crippen molar-refractivity contribution in [1.29, 1.82) is 0 Å². The van der Waals surface area contributed by atoms with Gasteiger partial charge in [0.2, 0.25) is 11.8 Å². The van der Waals surface area contributed by atoms with Crippen LogP contribution in [0.25, 0.3) is 0 Å². The SMILES string of the molecule is CC[C@H](C(=O)NC(C)C)N(Cc1c(Cl)cccc1Cl)C(=O)CN(c1ccc(OC)c(Cl)c1)S(=O)(=O)c1ccc(C)cc1. The number of nitrogens with zero attached hydrogens (tertiary/aromatic N) is 2. The van der Waals surface area contributed by atoms with Gasteiger partial charge in [0, 0.05) is 28.2 Å². The van der Waals surface area contributed by atoms with Crippen LogP contribution in [0.5, 0.6) is 5.75 Å². The molecule has 0 saturated heterocycles. The van der Waals surface area contributed by atoms with Gasteiger partial charge in [-0.05, 0) is 69.7 Å². The van der Waals surface area contributed by atoms with Crippen molar-refractivity contribution in [2.24, 2.45) is 0 Å². The molecule has 0 aliphatic carbocycles. The number of rotatable bonds is 12. The summed E-state index contributed by atoms with van der Waals surface area (Å²) in [4.78, 5) is 28.8. The number of carbonyl (C=O) groups is 2. The van der Waals surface area contributed by atoms with Crippen LogP contribution in [-0.2, 0) is 26.2 Å². The van der Waals surface area contributed by atoms with Crippen molar-refractivity contribution in [2.75, 3.05) is 18.0 Å². The van der Waals surface area contributed by atoms with E-state index in [4.69, 9.17) is 39.5 Å². The molecule has 12 heteroatoms. The van der Waals surface area contributed by atoms with E-state index in [0.29, 0.717) is 21.4 Å². The van der Waals surface area contributed by atoms with E-state index in [0.717, 1.165) is 9.87 Å². The molecule has 1 atom stereocenters. The van der Waals surface area contributed by atoms with E-state index in [1.165, 1.54) is 42.3 Å². The van der Waals surface area contributed by atoms with Gasteiger partial charge in [-0.1, -0.05) is 65.5 Å². The molecule has 3 aromatic rings. The number of aryl methyl sites for hydroxylation is 1. The topological polar surface area (TPSA) is 96.0 Å². The van der Waals surface area contributed by atoms with Crippen LogP contribution < -0.4 is 14.4 Å². The maximum absolute atomic E-state index is 14.2. The van der Waals surface area contributed by atoms with Crippen molar-refractivity contribution in [3.63, 3.8) is 0 Å². The Kier molecular flexibility index (Phi) is 11.5. The van der Waals surface area contributed by atoms with Crippen LogP contribution >= 0.6 is 34.8 Å². The summed E-state index contributed by atoms with van der Waals surface area (Å²) in [6, 6.07) is 14.5. The van der Waals surface area contributed by atoms with Crippen molar-refractivity contribution in [1.82, 2.24) is 10.2 Å². The van der Waals surface area contributed by atoms with Gasteiger partial charge in [0.1, 0.15) is 18.3 Å². The molecule has 42 heavy (non-hydrogen) atoms. The second-order valence-electron chi connectivity index (χ2n) is 9.95. The summed E-state index contributed by atoms with van der Waals surface area (Å²) in [5.74, 6) is -0.686. The first-order valence-corrected chi connectivity index (χ1v) is 15.8. The Morgan fingerprint density at radius 1 is 0.952 bits per heavy atom. The highest BCUT2D eigenvalue weighted by atomic mass is 35.5. The first kappa shape index (κ1) is 33.5. The molecule has 8 nitrogen and oxygen atoms in total. The van der Waals surface area contributed by atoms with Gasteiger partial charge in [-0.3, -0.25) is 13.9 Å². The number of ether oxygens (including phenoxy) is 1. The molecule has 0 aliphatic rings. The van der Waals surface area contributed by atoms with Crippen LogP contribution in [0.2, 0.25) is 15.1 Å². The van der Waals surface area contributed by atoms with E-state index >= 15 is 0 Å². The summed E-state index contributed by atoms with van der Waals surface area (Å²) < 4.78 is 34.2. The fourth-order valence-electron chi connectivity index (χ4n) is 4.33. The largest absolute Gasteiger partial charge is 0.495 e. The third kappa shape index (κ3) is 7.89. The zero-order chi connectivity index (χ0) is 31.2. The zero-order valence-electron chi connectivity index (χ0n) is 24.0. The third-order valence-corrected chi connectivity index (χ3v) is 9.31. The predicted molar refractivity (Wildman–Crippen MR) is 168 cm³/mol. The second kappa shape index (κ2) is 14.5. The van der Waals surface area contributed by atoms with Crippen LogP contribution in [0.3, 0.4) is 0 Å². The first-order chi connectivity index (χ1) is 19.8. The number of hydrogen-bond acceptors (Lipinski definition) is 5. The molecule has 0 fully saturated rings. The number of amides is 2. The smallest absolute Gasteiger partial charge is 0.264 e. The van der Waals surface area contributed by atoms with Crippen LogP contribution in [0, 0.1) is 6.92 Å². The number of hydrogen-bond donors (Lipinski definition) is 1. The number of benzene rings is 3. The summed E-state index contributed by atoms with van der Waals surface area (Å²) in [6.07, 6.45) is 0.255. The number of methoxy groups -OCH3 is 1. The molecule has 0 spiro atoms. The molecule has 0 heterocycles. The highest BCUT2D eigenvalue weighted by molar-refractivity contribution is 7.92. The normalized spacial score (nSPS) is 12.1. The van der Waals surface area contributed by atoms with Crippen molar-refractivity contribution in [3.05, 3.63) is 86.9 Å². The molecule has 0 unspecified atom stereocenters. The number of halogens is 3. The molecule has 226 valence electrons. The number of anilines is 1. The summed E-state index contributed by atoms with van der Waals surface area (Å²) in [5, 5.41) is 3.63. The van der Waals surface area contributed by atoms with Crippen molar-refractivity contribution in [2.45, 2.75) is 57.6 Å². The number of nitrogens with one attached hydrogen (secondary N) is 1. The Labute approximate surface area is 262 Å². The Bertz CT molecular complexity index is 1510. The number of carbonyl (C=O) groups excluding carboxylic acids is 2. The minimum atomic E-state index is -4.26. The fourth-order valence-corrected chi connectivity index (χ4v) is 6.51. The third-order valence-electron chi connectivity index (χ3n) is 6.52. The maximum Gasteiger partial charge on any atom is 0.264 e. The highest BCUT2D eigenvalue weighted by Gasteiger charge is 2.34.